The first-order valence-corrected chi connectivity index (χ1v) is 3.51. The minimum atomic E-state index is -0.270. The van der Waals surface area contributed by atoms with Crippen LogP contribution in [0.3, 0.4) is 0 Å². The van der Waals surface area contributed by atoms with Gasteiger partial charge in [0.2, 0.25) is 0 Å². The molecule has 0 bridgehead atoms. The second kappa shape index (κ2) is 3.05. The Hall–Kier alpha value is -2.18. The second-order valence-corrected chi connectivity index (χ2v) is 2.30. The summed E-state index contributed by atoms with van der Waals surface area (Å²) in [6.45, 7) is 0. The number of nitrogens with one attached hydrogen (secondary N) is 2. The monoisotopic (exact) mass is 178 g/mol. The Morgan fingerprint density at radius 3 is 2.85 bits per heavy atom. The lowest BCUT2D eigenvalue weighted by atomic mass is 10.3. The molecule has 0 saturated carbocycles. The van der Waals surface area contributed by atoms with Gasteiger partial charge in [0.25, 0.3) is 5.91 Å². The smallest absolute Gasteiger partial charge is 0.273 e. The Kier molecular flexibility index (Phi) is 1.75. The summed E-state index contributed by atoms with van der Waals surface area (Å²) in [5.74, 6) is -0.270. The minimum Gasteiger partial charge on any atom is -0.285 e. The van der Waals surface area contributed by atoms with Gasteiger partial charge in [-0.25, -0.2) is 4.68 Å². The van der Waals surface area contributed by atoms with Gasteiger partial charge in [-0.15, -0.1) is 10.2 Å². The molecule has 0 aliphatic carbocycles. The van der Waals surface area contributed by atoms with Crippen LogP contribution in [0.4, 0.5) is 0 Å². The van der Waals surface area contributed by atoms with Gasteiger partial charge < -0.3 is 0 Å². The summed E-state index contributed by atoms with van der Waals surface area (Å²) in [4.78, 5) is 11.3. The van der Waals surface area contributed by atoms with Crippen molar-refractivity contribution in [2.24, 2.45) is 0 Å². The number of amides is 1. The first-order chi connectivity index (χ1) is 6.36. The molecule has 2 aromatic rings. The molecule has 2 rings (SSSR count). The van der Waals surface area contributed by atoms with Gasteiger partial charge in [-0.05, 0) is 0 Å². The summed E-state index contributed by atoms with van der Waals surface area (Å²) in [6.07, 6.45) is 5.70. The molecule has 0 fully saturated rings. The van der Waals surface area contributed by atoms with Crippen LogP contribution in [-0.2, 0) is 0 Å². The number of H-pyrrole nitrogens is 1. The van der Waals surface area contributed by atoms with Crippen LogP contribution in [0.25, 0.3) is 0 Å². The van der Waals surface area contributed by atoms with Crippen LogP contribution in [0, 0.1) is 0 Å². The maximum Gasteiger partial charge on any atom is 0.273 e. The fourth-order valence-corrected chi connectivity index (χ4v) is 0.815. The summed E-state index contributed by atoms with van der Waals surface area (Å²) in [5.41, 5.74) is 2.97. The molecule has 0 saturated heterocycles. The molecule has 7 nitrogen and oxygen atoms in total. The molecule has 13 heavy (non-hydrogen) atoms. The lowest BCUT2D eigenvalue weighted by Gasteiger charge is -2.00. The van der Waals surface area contributed by atoms with Gasteiger partial charge in [0.05, 0.1) is 11.8 Å². The molecule has 0 radical (unpaired) electrons. The van der Waals surface area contributed by atoms with Crippen molar-refractivity contribution in [2.75, 3.05) is 5.43 Å². The summed E-state index contributed by atoms with van der Waals surface area (Å²) < 4.78 is 1.36. The highest BCUT2D eigenvalue weighted by Gasteiger charge is 2.05. The van der Waals surface area contributed by atoms with Crippen LogP contribution in [0.5, 0.6) is 0 Å². The van der Waals surface area contributed by atoms with Crippen molar-refractivity contribution in [3.05, 3.63) is 30.6 Å². The van der Waals surface area contributed by atoms with Crippen LogP contribution in [0.1, 0.15) is 10.4 Å². The Bertz CT molecular complexity index is 377. The molecule has 0 spiro atoms. The lowest BCUT2D eigenvalue weighted by molar-refractivity contribution is 0.101. The molecule has 2 heterocycles. The summed E-state index contributed by atoms with van der Waals surface area (Å²) >= 11 is 0. The Balaban J connectivity index is 2.08. The van der Waals surface area contributed by atoms with E-state index in [2.05, 4.69) is 25.8 Å². The van der Waals surface area contributed by atoms with E-state index in [1.165, 1.54) is 29.7 Å². The van der Waals surface area contributed by atoms with E-state index in [9.17, 15) is 4.79 Å². The van der Waals surface area contributed by atoms with Gasteiger partial charge in [0.15, 0.2) is 0 Å². The molecule has 7 heteroatoms. The predicted molar refractivity (Wildman–Crippen MR) is 42.3 cm³/mol. The first kappa shape index (κ1) is 7.47. The maximum atomic E-state index is 11.3. The number of aromatic nitrogens is 5. The van der Waals surface area contributed by atoms with E-state index in [1.807, 2.05) is 0 Å². The van der Waals surface area contributed by atoms with E-state index >= 15 is 0 Å². The zero-order chi connectivity index (χ0) is 9.10. The molecule has 1 amide bonds. The van der Waals surface area contributed by atoms with Crippen LogP contribution in [0.2, 0.25) is 0 Å². The normalized spacial score (nSPS) is 9.85. The summed E-state index contributed by atoms with van der Waals surface area (Å²) in [6, 6.07) is 0. The number of aromatic amines is 1. The van der Waals surface area contributed by atoms with Crippen molar-refractivity contribution in [1.82, 2.24) is 25.1 Å². The van der Waals surface area contributed by atoms with Crippen molar-refractivity contribution < 1.29 is 4.79 Å². The van der Waals surface area contributed by atoms with Crippen LogP contribution < -0.4 is 5.43 Å². The molecule has 2 N–H and O–H groups in total. The molecule has 0 atom stereocenters. The zero-order valence-corrected chi connectivity index (χ0v) is 6.51. The Morgan fingerprint density at radius 1 is 1.46 bits per heavy atom. The SMILES string of the molecule is O=C(Nn1cnnc1)c1cn[nH]c1. The second-order valence-electron chi connectivity index (χ2n) is 2.30. The van der Waals surface area contributed by atoms with E-state index in [-0.39, 0.29) is 5.91 Å². The molecule has 66 valence electrons. The highest BCUT2D eigenvalue weighted by atomic mass is 16.2. The Morgan fingerprint density at radius 2 is 2.23 bits per heavy atom. The van der Waals surface area contributed by atoms with Gasteiger partial charge in [-0.1, -0.05) is 0 Å². The number of carbonyl (C=O) groups excluding carboxylic acids is 1. The standard InChI is InChI=1S/C6H6N6O/c13-6(5-1-7-8-2-5)11-12-3-9-10-4-12/h1-4H,(H,7,8)(H,11,13). The zero-order valence-electron chi connectivity index (χ0n) is 6.51. The third-order valence-corrected chi connectivity index (χ3v) is 1.41. The van der Waals surface area contributed by atoms with Crippen molar-refractivity contribution in [2.45, 2.75) is 0 Å². The third-order valence-electron chi connectivity index (χ3n) is 1.41. The van der Waals surface area contributed by atoms with Crippen LogP contribution in [-0.4, -0.2) is 31.0 Å². The highest BCUT2D eigenvalue weighted by Crippen LogP contribution is 1.93. The number of nitrogens with zero attached hydrogens (tertiary/aromatic N) is 4. The fourth-order valence-electron chi connectivity index (χ4n) is 0.815. The van der Waals surface area contributed by atoms with E-state index in [4.69, 9.17) is 0 Å². The third kappa shape index (κ3) is 1.53. The molecule has 0 aromatic carbocycles. The molecule has 0 unspecified atom stereocenters. The van der Waals surface area contributed by atoms with Crippen molar-refractivity contribution in [1.29, 1.82) is 0 Å². The maximum absolute atomic E-state index is 11.3. The number of carbonyl (C=O) groups is 1. The van der Waals surface area contributed by atoms with Crippen LogP contribution >= 0.6 is 0 Å². The van der Waals surface area contributed by atoms with Crippen LogP contribution in [0.15, 0.2) is 25.0 Å². The quantitative estimate of drug-likeness (QED) is 0.641. The minimum absolute atomic E-state index is 0.270. The number of rotatable bonds is 2. The number of hydrogen-bond acceptors (Lipinski definition) is 4. The van der Waals surface area contributed by atoms with Crippen molar-refractivity contribution in [3.8, 4) is 0 Å². The highest BCUT2D eigenvalue weighted by molar-refractivity contribution is 5.99. The van der Waals surface area contributed by atoms with Crippen molar-refractivity contribution >= 4 is 5.91 Å². The topological polar surface area (TPSA) is 88.5 Å². The fraction of sp³-hybridized carbons (Fsp3) is 0. The number of hydrogen-bond donors (Lipinski definition) is 2. The van der Waals surface area contributed by atoms with Crippen molar-refractivity contribution in [3.63, 3.8) is 0 Å². The molecular weight excluding hydrogens is 172 g/mol. The molecule has 0 aliphatic heterocycles. The summed E-state index contributed by atoms with van der Waals surface area (Å²) in [5, 5.41) is 13.2. The van der Waals surface area contributed by atoms with Gasteiger partial charge in [0.1, 0.15) is 12.7 Å². The predicted octanol–water partition coefficient (Wildman–Crippen LogP) is -0.615. The van der Waals surface area contributed by atoms with E-state index in [1.54, 1.807) is 0 Å². The molecule has 2 aromatic heterocycles. The van der Waals surface area contributed by atoms with Gasteiger partial charge in [-0.3, -0.25) is 15.3 Å². The molecular formula is C6H6N6O. The van der Waals surface area contributed by atoms with Gasteiger partial charge >= 0.3 is 0 Å². The first-order valence-electron chi connectivity index (χ1n) is 3.51. The van der Waals surface area contributed by atoms with E-state index in [0.29, 0.717) is 5.56 Å². The largest absolute Gasteiger partial charge is 0.285 e. The van der Waals surface area contributed by atoms with E-state index < -0.39 is 0 Å². The molecule has 0 aliphatic rings. The lowest BCUT2D eigenvalue weighted by Crippen LogP contribution is -2.20. The average Bonchev–Trinajstić information content (AvgIpc) is 2.74. The summed E-state index contributed by atoms with van der Waals surface area (Å²) in [7, 11) is 0. The Labute approximate surface area is 72.8 Å². The van der Waals surface area contributed by atoms with E-state index in [0.717, 1.165) is 0 Å². The van der Waals surface area contributed by atoms with Gasteiger partial charge in [0, 0.05) is 6.20 Å². The van der Waals surface area contributed by atoms with Gasteiger partial charge in [-0.2, -0.15) is 5.10 Å². The average molecular weight is 178 g/mol.